The molecule has 0 bridgehead atoms. The molecule has 9 heavy (non-hydrogen) atoms. The Morgan fingerprint density at radius 1 is 1.56 bits per heavy atom. The van der Waals surface area contributed by atoms with E-state index in [0.717, 1.165) is 6.42 Å². The Balaban J connectivity index is 3.60. The predicted molar refractivity (Wildman–Crippen MR) is 42.2 cm³/mol. The molecule has 0 rings (SSSR count). The number of allylic oxidation sites excluding steroid dienone is 3. The minimum Gasteiger partial charge on any atom is -0.394 e. The van der Waals surface area contributed by atoms with Crippen molar-refractivity contribution in [3.63, 3.8) is 0 Å². The highest BCUT2D eigenvalue weighted by atomic mass is 14.8. The van der Waals surface area contributed by atoms with Crippen LogP contribution in [0.2, 0.25) is 0 Å². The average molecular weight is 125 g/mol. The summed E-state index contributed by atoms with van der Waals surface area (Å²) in [6, 6.07) is 0. The van der Waals surface area contributed by atoms with Crippen LogP contribution in [0.3, 0.4) is 0 Å². The summed E-state index contributed by atoms with van der Waals surface area (Å²) < 4.78 is 0. The van der Waals surface area contributed by atoms with Crippen LogP contribution in [0.5, 0.6) is 0 Å². The summed E-state index contributed by atoms with van der Waals surface area (Å²) in [4.78, 5) is 0. The third kappa shape index (κ3) is 5.15. The zero-order valence-electron chi connectivity index (χ0n) is 6.44. The van der Waals surface area contributed by atoms with E-state index in [-0.39, 0.29) is 0 Å². The minimum atomic E-state index is 1.11. The zero-order valence-corrected chi connectivity index (χ0v) is 6.44. The van der Waals surface area contributed by atoms with Crippen LogP contribution in [-0.2, 0) is 0 Å². The van der Waals surface area contributed by atoms with Crippen LogP contribution >= 0.6 is 0 Å². The molecule has 52 valence electrons. The quantitative estimate of drug-likeness (QED) is 0.569. The summed E-state index contributed by atoms with van der Waals surface area (Å²) in [5.41, 5.74) is 1.31. The van der Waals surface area contributed by atoms with E-state index in [1.54, 1.807) is 0 Å². The summed E-state index contributed by atoms with van der Waals surface area (Å²) >= 11 is 0. The standard InChI is InChI=1S/C8H15N/c1-4-5-8(2)6-7-9-3/h5-7,9H,4H2,1-3H3/b7-6-,8-5+. The van der Waals surface area contributed by atoms with E-state index in [1.807, 2.05) is 13.2 Å². The van der Waals surface area contributed by atoms with Crippen molar-refractivity contribution in [3.05, 3.63) is 23.9 Å². The molecule has 0 saturated carbocycles. The molecule has 0 atom stereocenters. The summed E-state index contributed by atoms with van der Waals surface area (Å²) in [5.74, 6) is 0. The van der Waals surface area contributed by atoms with Crippen LogP contribution < -0.4 is 5.32 Å². The molecule has 0 aliphatic rings. The first-order chi connectivity index (χ1) is 4.31. The van der Waals surface area contributed by atoms with E-state index < -0.39 is 0 Å². The van der Waals surface area contributed by atoms with Gasteiger partial charge in [0.05, 0.1) is 0 Å². The fraction of sp³-hybridized carbons (Fsp3) is 0.500. The smallest absolute Gasteiger partial charge is 0.00277 e. The van der Waals surface area contributed by atoms with Gasteiger partial charge in [0, 0.05) is 7.05 Å². The first-order valence-corrected chi connectivity index (χ1v) is 3.31. The summed E-state index contributed by atoms with van der Waals surface area (Å²) in [5, 5.41) is 2.94. The monoisotopic (exact) mass is 125 g/mol. The van der Waals surface area contributed by atoms with Crippen molar-refractivity contribution >= 4 is 0 Å². The Labute approximate surface area is 57.5 Å². The molecule has 0 aromatic rings. The molecule has 1 nitrogen and oxygen atoms in total. The van der Waals surface area contributed by atoms with Crippen LogP contribution in [0.25, 0.3) is 0 Å². The molecular formula is C8H15N. The van der Waals surface area contributed by atoms with Gasteiger partial charge in [-0.1, -0.05) is 18.6 Å². The van der Waals surface area contributed by atoms with Crippen molar-refractivity contribution in [1.29, 1.82) is 0 Å². The van der Waals surface area contributed by atoms with Gasteiger partial charge in [0.2, 0.25) is 0 Å². The minimum absolute atomic E-state index is 1.11. The second-order valence-electron chi connectivity index (χ2n) is 1.98. The van der Waals surface area contributed by atoms with Gasteiger partial charge in [0.15, 0.2) is 0 Å². The van der Waals surface area contributed by atoms with E-state index in [4.69, 9.17) is 0 Å². The Hall–Kier alpha value is -0.720. The highest BCUT2D eigenvalue weighted by Crippen LogP contribution is 1.94. The Morgan fingerprint density at radius 3 is 2.67 bits per heavy atom. The maximum atomic E-state index is 2.94. The van der Waals surface area contributed by atoms with Crippen molar-refractivity contribution in [2.24, 2.45) is 0 Å². The number of rotatable bonds is 3. The maximum absolute atomic E-state index is 2.94. The van der Waals surface area contributed by atoms with Gasteiger partial charge < -0.3 is 5.32 Å². The number of nitrogens with one attached hydrogen (secondary N) is 1. The fourth-order valence-electron chi connectivity index (χ4n) is 0.605. The summed E-state index contributed by atoms with van der Waals surface area (Å²) in [7, 11) is 1.90. The van der Waals surface area contributed by atoms with Crippen molar-refractivity contribution in [3.8, 4) is 0 Å². The molecule has 0 saturated heterocycles. The first kappa shape index (κ1) is 8.28. The van der Waals surface area contributed by atoms with Gasteiger partial charge in [0.1, 0.15) is 0 Å². The van der Waals surface area contributed by atoms with E-state index in [9.17, 15) is 0 Å². The molecule has 0 spiro atoms. The molecule has 0 aromatic heterocycles. The van der Waals surface area contributed by atoms with Gasteiger partial charge in [-0.05, 0) is 25.6 Å². The number of hydrogen-bond donors (Lipinski definition) is 1. The van der Waals surface area contributed by atoms with Crippen molar-refractivity contribution in [1.82, 2.24) is 5.32 Å². The van der Waals surface area contributed by atoms with E-state index in [1.165, 1.54) is 5.57 Å². The second-order valence-corrected chi connectivity index (χ2v) is 1.98. The highest BCUT2D eigenvalue weighted by molar-refractivity contribution is 5.14. The van der Waals surface area contributed by atoms with Gasteiger partial charge >= 0.3 is 0 Å². The van der Waals surface area contributed by atoms with Crippen molar-refractivity contribution in [2.75, 3.05) is 7.05 Å². The van der Waals surface area contributed by atoms with Crippen LogP contribution in [0.1, 0.15) is 20.3 Å². The summed E-state index contributed by atoms with van der Waals surface area (Å²) in [6.45, 7) is 4.23. The van der Waals surface area contributed by atoms with E-state index in [0.29, 0.717) is 0 Å². The van der Waals surface area contributed by atoms with Crippen LogP contribution in [0.4, 0.5) is 0 Å². The van der Waals surface area contributed by atoms with Gasteiger partial charge in [-0.25, -0.2) is 0 Å². The molecule has 0 unspecified atom stereocenters. The molecule has 0 aromatic carbocycles. The van der Waals surface area contributed by atoms with Gasteiger partial charge in [0.25, 0.3) is 0 Å². The molecule has 1 heteroatoms. The molecule has 0 amide bonds. The average Bonchev–Trinajstić information content (AvgIpc) is 1.85. The summed E-state index contributed by atoms with van der Waals surface area (Å²) in [6.07, 6.45) is 7.29. The van der Waals surface area contributed by atoms with Gasteiger partial charge in [-0.2, -0.15) is 0 Å². The van der Waals surface area contributed by atoms with Crippen LogP contribution in [-0.4, -0.2) is 7.05 Å². The Bertz CT molecular complexity index is 112. The number of hydrogen-bond acceptors (Lipinski definition) is 1. The van der Waals surface area contributed by atoms with E-state index in [2.05, 4.69) is 31.3 Å². The molecule has 0 heterocycles. The Morgan fingerprint density at radius 2 is 2.22 bits per heavy atom. The molecule has 0 fully saturated rings. The first-order valence-electron chi connectivity index (χ1n) is 3.31. The molecular weight excluding hydrogens is 110 g/mol. The predicted octanol–water partition coefficient (Wildman–Crippen LogP) is 2.08. The van der Waals surface area contributed by atoms with Gasteiger partial charge in [-0.15, -0.1) is 0 Å². The fourth-order valence-corrected chi connectivity index (χ4v) is 0.605. The highest BCUT2D eigenvalue weighted by Gasteiger charge is 1.75. The van der Waals surface area contributed by atoms with Gasteiger partial charge in [-0.3, -0.25) is 0 Å². The van der Waals surface area contributed by atoms with Crippen LogP contribution in [0.15, 0.2) is 23.9 Å². The lowest BCUT2D eigenvalue weighted by Crippen LogP contribution is -1.90. The molecule has 0 aliphatic heterocycles. The zero-order chi connectivity index (χ0) is 7.11. The van der Waals surface area contributed by atoms with E-state index >= 15 is 0 Å². The van der Waals surface area contributed by atoms with Crippen molar-refractivity contribution in [2.45, 2.75) is 20.3 Å². The SMILES string of the molecule is CC/C=C(C)/C=C\NC. The van der Waals surface area contributed by atoms with Crippen LogP contribution in [0, 0.1) is 0 Å². The molecule has 1 N–H and O–H groups in total. The lowest BCUT2D eigenvalue weighted by molar-refractivity contribution is 1.10. The maximum Gasteiger partial charge on any atom is 0.00277 e. The third-order valence-electron chi connectivity index (χ3n) is 1.04. The molecule has 0 aliphatic carbocycles. The second kappa shape index (κ2) is 5.42. The topological polar surface area (TPSA) is 12.0 Å². The lowest BCUT2D eigenvalue weighted by atomic mass is 10.2. The largest absolute Gasteiger partial charge is 0.394 e. The lowest BCUT2D eigenvalue weighted by Gasteiger charge is -1.88. The van der Waals surface area contributed by atoms with Crippen molar-refractivity contribution < 1.29 is 0 Å². The third-order valence-corrected chi connectivity index (χ3v) is 1.04. The molecule has 0 radical (unpaired) electrons. The normalized spacial score (nSPS) is 12.6. The Kier molecular flexibility index (Phi) is 4.98.